The molecular weight excluding hydrogens is 446 g/mol. The number of morpholine rings is 1. The van der Waals surface area contributed by atoms with E-state index in [-0.39, 0.29) is 18.3 Å². The van der Waals surface area contributed by atoms with Gasteiger partial charge < -0.3 is 18.9 Å². The molecule has 4 rings (SSSR count). The first-order chi connectivity index (χ1) is 16.9. The van der Waals surface area contributed by atoms with Gasteiger partial charge in [0.25, 0.3) is 0 Å². The van der Waals surface area contributed by atoms with Crippen LogP contribution in [-0.4, -0.2) is 58.0 Å². The summed E-state index contributed by atoms with van der Waals surface area (Å²) in [6, 6.07) is 0. The normalized spacial score (nSPS) is 18.4. The van der Waals surface area contributed by atoms with Crippen LogP contribution in [-0.2, 0) is 14.3 Å². The highest BCUT2D eigenvalue weighted by atomic mass is 16.6. The highest BCUT2D eigenvalue weighted by Gasteiger charge is 2.28. The summed E-state index contributed by atoms with van der Waals surface area (Å²) in [6.45, 7) is 8.41. The van der Waals surface area contributed by atoms with Gasteiger partial charge in [-0.25, -0.2) is 9.97 Å². The van der Waals surface area contributed by atoms with Crippen molar-refractivity contribution >= 4 is 11.8 Å². The second-order valence-corrected chi connectivity index (χ2v) is 10.7. The first kappa shape index (κ1) is 25.5. The van der Waals surface area contributed by atoms with Crippen LogP contribution in [0.5, 0.6) is 0 Å². The molecule has 2 aromatic rings. The summed E-state index contributed by atoms with van der Waals surface area (Å²) in [4.78, 5) is 28.6. The molecule has 1 saturated carbocycles. The van der Waals surface area contributed by atoms with Crippen LogP contribution in [0.2, 0.25) is 0 Å². The topological polar surface area (TPSA) is 103 Å². The fraction of sp³-hybridized carbons (Fsp3) is 0.731. The second-order valence-electron chi connectivity index (χ2n) is 10.7. The Morgan fingerprint density at radius 3 is 2.63 bits per heavy atom. The number of carbonyl (C=O) groups is 1. The van der Waals surface area contributed by atoms with Crippen molar-refractivity contribution in [2.75, 3.05) is 31.2 Å². The lowest BCUT2D eigenvalue weighted by molar-refractivity contribution is -0.155. The maximum atomic E-state index is 12.7. The summed E-state index contributed by atoms with van der Waals surface area (Å²) in [5.74, 6) is 1.96. The monoisotopic (exact) mass is 485 g/mol. The van der Waals surface area contributed by atoms with Crippen molar-refractivity contribution in [2.45, 2.75) is 90.1 Å². The van der Waals surface area contributed by atoms with E-state index in [2.05, 4.69) is 20.0 Å². The van der Waals surface area contributed by atoms with E-state index in [1.165, 1.54) is 38.5 Å². The first-order valence-corrected chi connectivity index (χ1v) is 13.1. The van der Waals surface area contributed by atoms with Crippen molar-refractivity contribution in [1.82, 2.24) is 20.1 Å². The third kappa shape index (κ3) is 7.46. The van der Waals surface area contributed by atoms with E-state index in [0.717, 1.165) is 37.7 Å². The van der Waals surface area contributed by atoms with E-state index in [9.17, 15) is 4.79 Å². The zero-order chi connectivity index (χ0) is 24.7. The minimum atomic E-state index is -0.531. The zero-order valence-electron chi connectivity index (χ0n) is 21.4. The molecule has 9 nitrogen and oxygen atoms in total. The molecule has 1 aliphatic heterocycles. The Kier molecular flexibility index (Phi) is 8.70. The largest absolute Gasteiger partial charge is 0.460 e. The standard InChI is InChI=1S/C26H39N5O4/c1-26(2,3)34-21(32)18-20(11-7-10-19-8-5-4-6-9-19)25-29-23(30-35-25)22-24(28-13-12-27-22)31-14-16-33-17-15-31/h12-13,19-20H,4-11,14-18H2,1-3H3. The Morgan fingerprint density at radius 1 is 1.14 bits per heavy atom. The molecule has 1 aliphatic carbocycles. The van der Waals surface area contributed by atoms with E-state index in [4.69, 9.17) is 19.0 Å². The highest BCUT2D eigenvalue weighted by Crippen LogP contribution is 2.33. The molecule has 35 heavy (non-hydrogen) atoms. The van der Waals surface area contributed by atoms with Gasteiger partial charge in [0, 0.05) is 31.4 Å². The van der Waals surface area contributed by atoms with Crippen molar-refractivity contribution in [1.29, 1.82) is 0 Å². The fourth-order valence-corrected chi connectivity index (χ4v) is 5.02. The summed E-state index contributed by atoms with van der Waals surface area (Å²) in [7, 11) is 0. The molecular formula is C26H39N5O4. The summed E-state index contributed by atoms with van der Waals surface area (Å²) < 4.78 is 16.8. The Hall–Kier alpha value is -2.55. The number of carbonyl (C=O) groups excluding carboxylic acids is 1. The van der Waals surface area contributed by atoms with E-state index in [1.54, 1.807) is 12.4 Å². The number of ether oxygens (including phenoxy) is 2. The maximum Gasteiger partial charge on any atom is 0.307 e. The zero-order valence-corrected chi connectivity index (χ0v) is 21.4. The van der Waals surface area contributed by atoms with E-state index in [0.29, 0.717) is 30.6 Å². The van der Waals surface area contributed by atoms with Crippen LogP contribution < -0.4 is 4.90 Å². The summed E-state index contributed by atoms with van der Waals surface area (Å²) in [5.41, 5.74) is 0.0544. The fourth-order valence-electron chi connectivity index (χ4n) is 5.02. The molecule has 0 amide bonds. The van der Waals surface area contributed by atoms with Crippen LogP contribution in [0.4, 0.5) is 5.82 Å². The van der Waals surface area contributed by atoms with Gasteiger partial charge in [-0.15, -0.1) is 0 Å². The van der Waals surface area contributed by atoms with Crippen LogP contribution >= 0.6 is 0 Å². The van der Waals surface area contributed by atoms with Crippen LogP contribution in [0, 0.1) is 5.92 Å². The van der Waals surface area contributed by atoms with Gasteiger partial charge in [-0.1, -0.05) is 50.1 Å². The molecule has 1 atom stereocenters. The Balaban J connectivity index is 1.49. The number of aromatic nitrogens is 4. The van der Waals surface area contributed by atoms with Gasteiger partial charge >= 0.3 is 5.97 Å². The van der Waals surface area contributed by atoms with E-state index < -0.39 is 5.60 Å². The maximum absolute atomic E-state index is 12.7. The van der Waals surface area contributed by atoms with Crippen LogP contribution in [0.3, 0.4) is 0 Å². The number of hydrogen-bond acceptors (Lipinski definition) is 9. The molecule has 0 aromatic carbocycles. The summed E-state index contributed by atoms with van der Waals surface area (Å²) in [6.07, 6.45) is 13.2. The third-order valence-electron chi connectivity index (χ3n) is 6.72. The van der Waals surface area contributed by atoms with Gasteiger partial charge in [0.15, 0.2) is 11.5 Å². The molecule has 2 aliphatic rings. The van der Waals surface area contributed by atoms with Crippen molar-refractivity contribution in [3.05, 3.63) is 18.3 Å². The lowest BCUT2D eigenvalue weighted by Gasteiger charge is -2.28. The number of esters is 1. The molecule has 3 heterocycles. The molecule has 1 unspecified atom stereocenters. The molecule has 0 N–H and O–H groups in total. The predicted molar refractivity (Wildman–Crippen MR) is 132 cm³/mol. The minimum absolute atomic E-state index is 0.182. The summed E-state index contributed by atoms with van der Waals surface area (Å²) in [5, 5.41) is 4.24. The lowest BCUT2D eigenvalue weighted by Crippen LogP contribution is -2.37. The predicted octanol–water partition coefficient (Wildman–Crippen LogP) is 4.93. The van der Waals surface area contributed by atoms with Crippen molar-refractivity contribution in [3.8, 4) is 11.5 Å². The average molecular weight is 486 g/mol. The van der Waals surface area contributed by atoms with Crippen LogP contribution in [0.25, 0.3) is 11.5 Å². The van der Waals surface area contributed by atoms with Gasteiger partial charge in [0.1, 0.15) is 5.60 Å². The Labute approximate surface area is 208 Å². The van der Waals surface area contributed by atoms with Gasteiger partial charge in [0.2, 0.25) is 11.7 Å². The lowest BCUT2D eigenvalue weighted by atomic mass is 9.84. The number of rotatable bonds is 9. The molecule has 192 valence electrons. The summed E-state index contributed by atoms with van der Waals surface area (Å²) >= 11 is 0. The van der Waals surface area contributed by atoms with Gasteiger partial charge in [-0.05, 0) is 33.1 Å². The molecule has 2 aromatic heterocycles. The highest BCUT2D eigenvalue weighted by molar-refractivity contribution is 5.71. The van der Waals surface area contributed by atoms with Gasteiger partial charge in [-0.3, -0.25) is 4.79 Å². The second kappa shape index (κ2) is 11.9. The average Bonchev–Trinajstić information content (AvgIpc) is 3.34. The van der Waals surface area contributed by atoms with Gasteiger partial charge in [0.05, 0.1) is 19.6 Å². The SMILES string of the molecule is CC(C)(C)OC(=O)CC(CCCC1CCCCC1)c1nc(-c2nccnc2N2CCOCC2)no1. The smallest absolute Gasteiger partial charge is 0.307 e. The number of nitrogens with zero attached hydrogens (tertiary/aromatic N) is 5. The van der Waals surface area contributed by atoms with Crippen molar-refractivity contribution in [3.63, 3.8) is 0 Å². The molecule has 0 bridgehead atoms. The Morgan fingerprint density at radius 2 is 1.89 bits per heavy atom. The molecule has 1 saturated heterocycles. The van der Waals surface area contributed by atoms with E-state index in [1.807, 2.05) is 20.8 Å². The first-order valence-electron chi connectivity index (χ1n) is 13.1. The van der Waals surface area contributed by atoms with Crippen molar-refractivity contribution < 1.29 is 18.8 Å². The minimum Gasteiger partial charge on any atom is -0.460 e. The molecule has 9 heteroatoms. The Bertz CT molecular complexity index is 945. The molecule has 0 spiro atoms. The van der Waals surface area contributed by atoms with Crippen LogP contribution in [0.15, 0.2) is 16.9 Å². The van der Waals surface area contributed by atoms with Crippen molar-refractivity contribution in [2.24, 2.45) is 5.92 Å². The number of hydrogen-bond donors (Lipinski definition) is 0. The molecule has 2 fully saturated rings. The third-order valence-corrected chi connectivity index (χ3v) is 6.72. The van der Waals surface area contributed by atoms with Crippen LogP contribution in [0.1, 0.15) is 90.4 Å². The van der Waals surface area contributed by atoms with E-state index >= 15 is 0 Å². The quantitative estimate of drug-likeness (QED) is 0.457. The molecule has 0 radical (unpaired) electrons. The number of anilines is 1. The van der Waals surface area contributed by atoms with Gasteiger partial charge in [-0.2, -0.15) is 4.98 Å².